The lowest BCUT2D eigenvalue weighted by molar-refractivity contribution is -0.114. The molecule has 0 aromatic carbocycles. The number of aromatic nitrogens is 1. The van der Waals surface area contributed by atoms with Gasteiger partial charge in [0.1, 0.15) is 5.69 Å². The van der Waals surface area contributed by atoms with Crippen molar-refractivity contribution in [2.45, 2.75) is 6.92 Å². The fourth-order valence-corrected chi connectivity index (χ4v) is 3.28. The van der Waals surface area contributed by atoms with Crippen LogP contribution in [-0.2, 0) is 4.79 Å². The number of hydrogen-bond donors (Lipinski definition) is 3. The van der Waals surface area contributed by atoms with Crippen molar-refractivity contribution in [3.8, 4) is 0 Å². The van der Waals surface area contributed by atoms with Crippen molar-refractivity contribution in [3.05, 3.63) is 31.9 Å². The summed E-state index contributed by atoms with van der Waals surface area (Å²) in [5.74, 6) is -1.25. The molecule has 0 fully saturated rings. The van der Waals surface area contributed by atoms with E-state index in [9.17, 15) is 14.4 Å². The molecule has 0 aliphatic carbocycles. The first kappa shape index (κ1) is 15.6. The first-order chi connectivity index (χ1) is 9.95. The largest absolute Gasteiger partial charge is 0.302 e. The van der Waals surface area contributed by atoms with E-state index in [4.69, 9.17) is 0 Å². The minimum Gasteiger partial charge on any atom is -0.302 e. The normalized spacial score (nSPS) is 10.0. The monoisotopic (exact) mass is 388 g/mol. The number of amides is 3. The third-order valence-corrected chi connectivity index (χ3v) is 4.49. The quantitative estimate of drug-likeness (QED) is 0.699. The number of halogens is 1. The molecule has 0 bridgehead atoms. The van der Waals surface area contributed by atoms with Crippen LogP contribution in [0.25, 0.3) is 0 Å². The standard InChI is InChI=1S/C11H9BrN4O3S2/c1-5(17)13-11-14-6(4-20-11)9(18)15-16-10(19)7-2-3-8(12)21-7/h2-4H,1H3,(H,15,18)(H,16,19)(H,13,14,17). The summed E-state index contributed by atoms with van der Waals surface area (Å²) in [4.78, 5) is 38.8. The van der Waals surface area contributed by atoms with Crippen LogP contribution >= 0.6 is 38.6 Å². The molecular weight excluding hydrogens is 380 g/mol. The van der Waals surface area contributed by atoms with Crippen molar-refractivity contribution < 1.29 is 14.4 Å². The fourth-order valence-electron chi connectivity index (χ4n) is 1.26. The van der Waals surface area contributed by atoms with E-state index in [0.29, 0.717) is 10.0 Å². The third kappa shape index (κ3) is 4.34. The van der Waals surface area contributed by atoms with E-state index in [1.165, 1.54) is 23.6 Å². The summed E-state index contributed by atoms with van der Waals surface area (Å²) in [5, 5.41) is 4.27. The lowest BCUT2D eigenvalue weighted by atomic mass is 10.4. The molecule has 0 radical (unpaired) electrons. The molecule has 0 saturated carbocycles. The molecular formula is C11H9BrN4O3S2. The highest BCUT2D eigenvalue weighted by atomic mass is 79.9. The fraction of sp³-hybridized carbons (Fsp3) is 0.0909. The zero-order valence-electron chi connectivity index (χ0n) is 10.6. The molecule has 2 rings (SSSR count). The minimum atomic E-state index is -0.563. The molecule has 0 atom stereocenters. The minimum absolute atomic E-state index is 0.108. The van der Waals surface area contributed by atoms with Crippen LogP contribution in [0.1, 0.15) is 27.1 Å². The predicted molar refractivity (Wildman–Crippen MR) is 83.4 cm³/mol. The van der Waals surface area contributed by atoms with E-state index < -0.39 is 11.8 Å². The highest BCUT2D eigenvalue weighted by Gasteiger charge is 2.13. The molecule has 7 nitrogen and oxygen atoms in total. The molecule has 10 heteroatoms. The number of nitrogens with one attached hydrogen (secondary N) is 3. The second-order valence-electron chi connectivity index (χ2n) is 3.73. The molecule has 0 aliphatic rings. The molecule has 0 aliphatic heterocycles. The number of carbonyl (C=O) groups excluding carboxylic acids is 3. The molecule has 21 heavy (non-hydrogen) atoms. The lowest BCUT2D eigenvalue weighted by Gasteiger charge is -2.03. The summed E-state index contributed by atoms with van der Waals surface area (Å²) >= 11 is 5.61. The number of nitrogens with zero attached hydrogens (tertiary/aromatic N) is 1. The van der Waals surface area contributed by atoms with Crippen LogP contribution in [0.4, 0.5) is 5.13 Å². The van der Waals surface area contributed by atoms with Crippen LogP contribution in [0, 0.1) is 0 Å². The third-order valence-electron chi connectivity index (χ3n) is 2.11. The summed E-state index contributed by atoms with van der Waals surface area (Å²) < 4.78 is 0.818. The van der Waals surface area contributed by atoms with Gasteiger partial charge >= 0.3 is 0 Å². The van der Waals surface area contributed by atoms with Crippen LogP contribution in [0.15, 0.2) is 21.3 Å². The Morgan fingerprint density at radius 2 is 1.90 bits per heavy atom. The maximum Gasteiger partial charge on any atom is 0.289 e. The van der Waals surface area contributed by atoms with Crippen molar-refractivity contribution >= 4 is 61.5 Å². The zero-order valence-corrected chi connectivity index (χ0v) is 13.8. The van der Waals surface area contributed by atoms with Crippen molar-refractivity contribution in [3.63, 3.8) is 0 Å². The summed E-state index contributed by atoms with van der Waals surface area (Å²) in [6, 6.07) is 3.37. The summed E-state index contributed by atoms with van der Waals surface area (Å²) in [6.07, 6.45) is 0. The molecule has 3 N–H and O–H groups in total. The van der Waals surface area contributed by atoms with Crippen molar-refractivity contribution in [2.24, 2.45) is 0 Å². The van der Waals surface area contributed by atoms with E-state index in [2.05, 4.69) is 37.1 Å². The van der Waals surface area contributed by atoms with Gasteiger partial charge in [-0.05, 0) is 28.1 Å². The number of hydrazine groups is 1. The van der Waals surface area contributed by atoms with Crippen LogP contribution in [0.2, 0.25) is 0 Å². The van der Waals surface area contributed by atoms with E-state index in [-0.39, 0.29) is 11.6 Å². The second-order valence-corrected chi connectivity index (χ2v) is 7.05. The molecule has 110 valence electrons. The predicted octanol–water partition coefficient (Wildman–Crippen LogP) is 2.00. The molecule has 2 aromatic rings. The molecule has 0 saturated heterocycles. The number of rotatable bonds is 3. The van der Waals surface area contributed by atoms with E-state index >= 15 is 0 Å². The Hall–Kier alpha value is -1.78. The van der Waals surface area contributed by atoms with Crippen molar-refractivity contribution in [1.82, 2.24) is 15.8 Å². The van der Waals surface area contributed by atoms with E-state index in [1.807, 2.05) is 0 Å². The lowest BCUT2D eigenvalue weighted by Crippen LogP contribution is -2.41. The van der Waals surface area contributed by atoms with Gasteiger partial charge in [-0.1, -0.05) is 0 Å². The molecule has 2 aromatic heterocycles. The average Bonchev–Trinajstić information content (AvgIpc) is 3.04. The maximum absolute atomic E-state index is 11.8. The van der Waals surface area contributed by atoms with Gasteiger partial charge in [0.2, 0.25) is 5.91 Å². The van der Waals surface area contributed by atoms with Crippen LogP contribution in [0.5, 0.6) is 0 Å². The topological polar surface area (TPSA) is 100 Å². The van der Waals surface area contributed by atoms with Gasteiger partial charge in [-0.2, -0.15) is 0 Å². The van der Waals surface area contributed by atoms with Crippen molar-refractivity contribution in [1.29, 1.82) is 0 Å². The molecule has 0 unspecified atom stereocenters. The second kappa shape index (κ2) is 6.78. The Morgan fingerprint density at radius 3 is 2.52 bits per heavy atom. The average molecular weight is 389 g/mol. The van der Waals surface area contributed by atoms with Gasteiger partial charge in [0, 0.05) is 12.3 Å². The maximum atomic E-state index is 11.8. The molecule has 3 amide bonds. The highest BCUT2D eigenvalue weighted by molar-refractivity contribution is 9.11. The van der Waals surface area contributed by atoms with Gasteiger partial charge in [-0.3, -0.25) is 25.2 Å². The zero-order chi connectivity index (χ0) is 15.4. The first-order valence-corrected chi connectivity index (χ1v) is 8.04. The Labute approximate surface area is 135 Å². The Balaban J connectivity index is 1.91. The van der Waals surface area contributed by atoms with Gasteiger partial charge in [0.15, 0.2) is 5.13 Å². The van der Waals surface area contributed by atoms with Gasteiger partial charge in [-0.15, -0.1) is 22.7 Å². The van der Waals surface area contributed by atoms with E-state index in [1.54, 1.807) is 12.1 Å². The SMILES string of the molecule is CC(=O)Nc1nc(C(=O)NNC(=O)c2ccc(Br)s2)cs1. The summed E-state index contributed by atoms with van der Waals surface area (Å²) in [6.45, 7) is 1.35. The van der Waals surface area contributed by atoms with Gasteiger partial charge in [0.05, 0.1) is 8.66 Å². The summed E-state index contributed by atoms with van der Waals surface area (Å²) in [5.41, 5.74) is 4.65. The Morgan fingerprint density at radius 1 is 1.19 bits per heavy atom. The number of thiazole rings is 1. The van der Waals surface area contributed by atoms with Gasteiger partial charge < -0.3 is 5.32 Å². The van der Waals surface area contributed by atoms with Crippen LogP contribution in [-0.4, -0.2) is 22.7 Å². The Kier molecular flexibility index (Phi) is 5.04. The number of carbonyl (C=O) groups is 3. The van der Waals surface area contributed by atoms with E-state index in [0.717, 1.165) is 15.1 Å². The molecule has 2 heterocycles. The number of hydrogen-bond acceptors (Lipinski definition) is 6. The Bertz CT molecular complexity index is 697. The van der Waals surface area contributed by atoms with Gasteiger partial charge in [0.25, 0.3) is 11.8 Å². The number of anilines is 1. The van der Waals surface area contributed by atoms with Crippen LogP contribution < -0.4 is 16.2 Å². The van der Waals surface area contributed by atoms with Gasteiger partial charge in [-0.25, -0.2) is 4.98 Å². The summed E-state index contributed by atoms with van der Waals surface area (Å²) in [7, 11) is 0. The molecule has 0 spiro atoms. The number of thiophene rings is 1. The highest BCUT2D eigenvalue weighted by Crippen LogP contribution is 2.21. The first-order valence-electron chi connectivity index (χ1n) is 5.55. The van der Waals surface area contributed by atoms with Crippen molar-refractivity contribution in [2.75, 3.05) is 5.32 Å². The van der Waals surface area contributed by atoms with Crippen LogP contribution in [0.3, 0.4) is 0 Å². The smallest absolute Gasteiger partial charge is 0.289 e.